The number of carbonyl (C=O) groups is 2. The fraction of sp³-hybridized carbons (Fsp3) is 0.250. The first-order valence-corrected chi connectivity index (χ1v) is 9.94. The van der Waals surface area contributed by atoms with Gasteiger partial charge >= 0.3 is 12.0 Å². The third-order valence-electron chi connectivity index (χ3n) is 4.79. The second kappa shape index (κ2) is 10.3. The zero-order valence-corrected chi connectivity index (χ0v) is 17.8. The SMILES string of the molecule is C/C=C/COC(=O)C1=C(C)NC(=O)N[C@@H]1c1ccc(OCc2ccccc2)c(OC)c1. The van der Waals surface area contributed by atoms with Crippen LogP contribution in [-0.4, -0.2) is 25.7 Å². The normalized spacial score (nSPS) is 16.0. The maximum absolute atomic E-state index is 12.7. The average molecular weight is 422 g/mol. The van der Waals surface area contributed by atoms with Gasteiger partial charge in [-0.2, -0.15) is 0 Å². The van der Waals surface area contributed by atoms with Gasteiger partial charge in [0.1, 0.15) is 13.2 Å². The zero-order chi connectivity index (χ0) is 22.2. The third-order valence-corrected chi connectivity index (χ3v) is 4.79. The molecule has 162 valence electrons. The van der Waals surface area contributed by atoms with Gasteiger partial charge < -0.3 is 24.8 Å². The van der Waals surface area contributed by atoms with Crippen molar-refractivity contribution in [3.8, 4) is 11.5 Å². The molecule has 0 spiro atoms. The number of benzene rings is 2. The molecule has 1 aliphatic rings. The first-order chi connectivity index (χ1) is 15.0. The summed E-state index contributed by atoms with van der Waals surface area (Å²) in [5, 5.41) is 5.42. The van der Waals surface area contributed by atoms with Gasteiger partial charge in [-0.05, 0) is 37.1 Å². The van der Waals surface area contributed by atoms with Crippen LogP contribution in [0.3, 0.4) is 0 Å². The molecule has 31 heavy (non-hydrogen) atoms. The van der Waals surface area contributed by atoms with Crippen LogP contribution >= 0.6 is 0 Å². The summed E-state index contributed by atoms with van der Waals surface area (Å²) in [5.74, 6) is 0.560. The van der Waals surface area contributed by atoms with Crippen LogP contribution in [0.5, 0.6) is 11.5 Å². The van der Waals surface area contributed by atoms with Crippen LogP contribution in [0.4, 0.5) is 4.79 Å². The second-order valence-electron chi connectivity index (χ2n) is 6.92. The fourth-order valence-electron chi connectivity index (χ4n) is 3.23. The van der Waals surface area contributed by atoms with Crippen molar-refractivity contribution < 1.29 is 23.8 Å². The lowest BCUT2D eigenvalue weighted by molar-refractivity contribution is -0.138. The Morgan fingerprint density at radius 2 is 1.90 bits per heavy atom. The van der Waals surface area contributed by atoms with Crippen LogP contribution in [0, 0.1) is 0 Å². The Morgan fingerprint density at radius 1 is 1.13 bits per heavy atom. The summed E-state index contributed by atoms with van der Waals surface area (Å²) in [6, 6.07) is 14.0. The molecule has 0 fully saturated rings. The van der Waals surface area contributed by atoms with Crippen molar-refractivity contribution in [2.75, 3.05) is 13.7 Å². The number of allylic oxidation sites excluding steroid dienone is 2. The Kier molecular flexibility index (Phi) is 7.32. The van der Waals surface area contributed by atoms with Gasteiger partial charge in [-0.25, -0.2) is 9.59 Å². The van der Waals surface area contributed by atoms with Crippen molar-refractivity contribution in [3.05, 3.63) is 83.1 Å². The minimum Gasteiger partial charge on any atom is -0.493 e. The average Bonchev–Trinajstić information content (AvgIpc) is 2.77. The number of ether oxygens (including phenoxy) is 3. The molecule has 7 nitrogen and oxygen atoms in total. The van der Waals surface area contributed by atoms with Gasteiger partial charge in [0.25, 0.3) is 0 Å². The number of amides is 2. The van der Waals surface area contributed by atoms with E-state index < -0.39 is 18.0 Å². The lowest BCUT2D eigenvalue weighted by Gasteiger charge is -2.28. The molecule has 0 bridgehead atoms. The van der Waals surface area contributed by atoms with Crippen LogP contribution in [0.15, 0.2) is 72.0 Å². The molecule has 0 aromatic heterocycles. The number of methoxy groups -OCH3 is 1. The smallest absolute Gasteiger partial charge is 0.338 e. The highest BCUT2D eigenvalue weighted by atomic mass is 16.5. The Hall–Kier alpha value is -3.74. The van der Waals surface area contributed by atoms with Crippen molar-refractivity contribution in [1.29, 1.82) is 0 Å². The summed E-state index contributed by atoms with van der Waals surface area (Å²) in [7, 11) is 1.54. The maximum atomic E-state index is 12.7. The predicted molar refractivity (Wildman–Crippen MR) is 117 cm³/mol. The van der Waals surface area contributed by atoms with Gasteiger partial charge in [-0.15, -0.1) is 0 Å². The fourth-order valence-corrected chi connectivity index (χ4v) is 3.23. The van der Waals surface area contributed by atoms with E-state index >= 15 is 0 Å². The summed E-state index contributed by atoms with van der Waals surface area (Å²) < 4.78 is 16.7. The lowest BCUT2D eigenvalue weighted by Crippen LogP contribution is -2.45. The summed E-state index contributed by atoms with van der Waals surface area (Å²) in [6.45, 7) is 4.06. The first kappa shape index (κ1) is 22.0. The molecule has 0 aliphatic carbocycles. The summed E-state index contributed by atoms with van der Waals surface area (Å²) >= 11 is 0. The van der Waals surface area contributed by atoms with Crippen molar-refractivity contribution in [3.63, 3.8) is 0 Å². The molecule has 1 aliphatic heterocycles. The zero-order valence-electron chi connectivity index (χ0n) is 17.8. The quantitative estimate of drug-likeness (QED) is 0.496. The third kappa shape index (κ3) is 5.45. The topological polar surface area (TPSA) is 85.9 Å². The van der Waals surface area contributed by atoms with Gasteiger partial charge in [-0.1, -0.05) is 48.6 Å². The number of esters is 1. The van der Waals surface area contributed by atoms with Gasteiger partial charge in [0.2, 0.25) is 0 Å². The van der Waals surface area contributed by atoms with Crippen molar-refractivity contribution in [2.24, 2.45) is 0 Å². The molecular weight excluding hydrogens is 396 g/mol. The molecule has 0 unspecified atom stereocenters. The summed E-state index contributed by atoms with van der Waals surface area (Å²) in [5.41, 5.74) is 2.49. The molecule has 3 rings (SSSR count). The summed E-state index contributed by atoms with van der Waals surface area (Å²) in [6.07, 6.45) is 3.53. The van der Waals surface area contributed by atoms with E-state index in [4.69, 9.17) is 14.2 Å². The summed E-state index contributed by atoms with van der Waals surface area (Å²) in [4.78, 5) is 24.8. The second-order valence-corrected chi connectivity index (χ2v) is 6.92. The van der Waals surface area contributed by atoms with E-state index in [9.17, 15) is 9.59 Å². The van der Waals surface area contributed by atoms with E-state index in [-0.39, 0.29) is 6.61 Å². The number of rotatable bonds is 8. The molecule has 0 saturated carbocycles. The van der Waals surface area contributed by atoms with E-state index in [2.05, 4.69) is 10.6 Å². The Bertz CT molecular complexity index is 998. The first-order valence-electron chi connectivity index (χ1n) is 9.94. The number of carbonyl (C=O) groups excluding carboxylic acids is 2. The highest BCUT2D eigenvalue weighted by Crippen LogP contribution is 2.35. The van der Waals surface area contributed by atoms with Crippen molar-refractivity contribution >= 4 is 12.0 Å². The monoisotopic (exact) mass is 422 g/mol. The molecule has 2 N–H and O–H groups in total. The van der Waals surface area contributed by atoms with E-state index in [1.165, 1.54) is 0 Å². The molecule has 1 atom stereocenters. The Labute approximate surface area is 181 Å². The highest BCUT2D eigenvalue weighted by molar-refractivity contribution is 5.95. The van der Waals surface area contributed by atoms with Crippen LogP contribution in [0.25, 0.3) is 0 Å². The van der Waals surface area contributed by atoms with E-state index in [0.29, 0.717) is 34.9 Å². The molecule has 2 aromatic rings. The highest BCUT2D eigenvalue weighted by Gasteiger charge is 2.32. The minimum atomic E-state index is -0.677. The number of urea groups is 1. The standard InChI is InChI=1S/C24H26N2O5/c1-4-5-13-30-23(27)21-16(2)25-24(28)26-22(21)18-11-12-19(20(14-18)29-3)31-15-17-9-7-6-8-10-17/h4-12,14,22H,13,15H2,1-3H3,(H2,25,26,28)/b5-4+/t22-/m1/s1. The van der Waals surface area contributed by atoms with Crippen LogP contribution in [-0.2, 0) is 16.1 Å². The van der Waals surface area contributed by atoms with E-state index in [0.717, 1.165) is 5.56 Å². The predicted octanol–water partition coefficient (Wildman–Crippen LogP) is 4.02. The molecule has 7 heteroatoms. The van der Waals surface area contributed by atoms with E-state index in [1.807, 2.05) is 37.3 Å². The van der Waals surface area contributed by atoms with Gasteiger partial charge in [-0.3, -0.25) is 0 Å². The van der Waals surface area contributed by atoms with Gasteiger partial charge in [0.15, 0.2) is 11.5 Å². The van der Waals surface area contributed by atoms with Gasteiger partial charge in [0.05, 0.1) is 18.7 Å². The van der Waals surface area contributed by atoms with Crippen LogP contribution in [0.2, 0.25) is 0 Å². The van der Waals surface area contributed by atoms with Crippen LogP contribution in [0.1, 0.15) is 31.0 Å². The van der Waals surface area contributed by atoms with Gasteiger partial charge in [0, 0.05) is 5.70 Å². The maximum Gasteiger partial charge on any atom is 0.338 e. The molecule has 2 aromatic carbocycles. The largest absolute Gasteiger partial charge is 0.493 e. The van der Waals surface area contributed by atoms with Crippen molar-refractivity contribution in [2.45, 2.75) is 26.5 Å². The molecule has 2 amide bonds. The number of hydrogen-bond donors (Lipinski definition) is 2. The van der Waals surface area contributed by atoms with E-state index in [1.54, 1.807) is 44.4 Å². The number of hydrogen-bond acceptors (Lipinski definition) is 5. The van der Waals surface area contributed by atoms with Crippen LogP contribution < -0.4 is 20.1 Å². The molecule has 1 heterocycles. The number of nitrogens with one attached hydrogen (secondary N) is 2. The minimum absolute atomic E-state index is 0.155. The molecule has 0 radical (unpaired) electrons. The lowest BCUT2D eigenvalue weighted by atomic mass is 9.95. The Balaban J connectivity index is 1.85. The molecule has 0 saturated heterocycles. The van der Waals surface area contributed by atoms with Crippen molar-refractivity contribution in [1.82, 2.24) is 10.6 Å². The Morgan fingerprint density at radius 3 is 2.61 bits per heavy atom. The molecular formula is C24H26N2O5.